The standard InChI is InChI=1S/C21H36O4S/c1-3-5-7-10-17(22)12-13-18-19(23)15-16(4-2)21(18)26-14-9-6-8-11-20(24)25/h12-13,17-19,22-23H,3-11,14-15H2,1-2H3,(H,24,25)/t17-,18-,19+/m0/s1. The van der Waals surface area contributed by atoms with E-state index in [9.17, 15) is 15.0 Å². The highest BCUT2D eigenvalue weighted by atomic mass is 32.2. The first-order valence-electron chi connectivity index (χ1n) is 10.1. The molecule has 1 aliphatic carbocycles. The molecule has 0 amide bonds. The van der Waals surface area contributed by atoms with Crippen molar-refractivity contribution in [3.05, 3.63) is 22.6 Å². The molecule has 1 rings (SSSR count). The van der Waals surface area contributed by atoms with E-state index in [2.05, 4.69) is 13.8 Å². The Labute approximate surface area is 162 Å². The first kappa shape index (κ1) is 23.3. The molecule has 0 aromatic rings. The summed E-state index contributed by atoms with van der Waals surface area (Å²) in [5, 5.41) is 29.2. The number of hydrogen-bond acceptors (Lipinski definition) is 4. The van der Waals surface area contributed by atoms with Gasteiger partial charge in [-0.1, -0.05) is 57.3 Å². The van der Waals surface area contributed by atoms with Crippen molar-refractivity contribution < 1.29 is 20.1 Å². The zero-order valence-electron chi connectivity index (χ0n) is 16.3. The summed E-state index contributed by atoms with van der Waals surface area (Å²) >= 11 is 1.80. The van der Waals surface area contributed by atoms with E-state index in [1.807, 2.05) is 12.2 Å². The van der Waals surface area contributed by atoms with E-state index in [0.29, 0.717) is 0 Å². The summed E-state index contributed by atoms with van der Waals surface area (Å²) in [5.41, 5.74) is 1.32. The van der Waals surface area contributed by atoms with Crippen LogP contribution in [0.2, 0.25) is 0 Å². The van der Waals surface area contributed by atoms with E-state index in [-0.39, 0.29) is 12.3 Å². The minimum Gasteiger partial charge on any atom is -0.481 e. The fraction of sp³-hybridized carbons (Fsp3) is 0.762. The van der Waals surface area contributed by atoms with Crippen LogP contribution in [-0.4, -0.2) is 39.2 Å². The van der Waals surface area contributed by atoms with Crippen molar-refractivity contribution in [3.8, 4) is 0 Å². The summed E-state index contributed by atoms with van der Waals surface area (Å²) in [6.07, 6.45) is 11.7. The number of aliphatic hydroxyl groups excluding tert-OH is 2. The molecule has 1 aliphatic rings. The van der Waals surface area contributed by atoms with Crippen LogP contribution in [0.4, 0.5) is 0 Å². The molecule has 26 heavy (non-hydrogen) atoms. The molecule has 0 aromatic carbocycles. The second-order valence-electron chi connectivity index (χ2n) is 7.12. The molecular weight excluding hydrogens is 348 g/mol. The summed E-state index contributed by atoms with van der Waals surface area (Å²) in [4.78, 5) is 11.8. The van der Waals surface area contributed by atoms with Crippen LogP contribution in [-0.2, 0) is 4.79 Å². The predicted octanol–water partition coefficient (Wildman–Crippen LogP) is 4.91. The summed E-state index contributed by atoms with van der Waals surface area (Å²) in [5.74, 6) is 0.221. The number of thioether (sulfide) groups is 1. The van der Waals surface area contributed by atoms with Crippen molar-refractivity contribution >= 4 is 17.7 Å². The maximum atomic E-state index is 10.5. The molecule has 3 N–H and O–H groups in total. The normalized spacial score (nSPS) is 21.7. The Morgan fingerprint density at radius 2 is 2.00 bits per heavy atom. The molecule has 0 radical (unpaired) electrons. The molecule has 0 saturated carbocycles. The van der Waals surface area contributed by atoms with Gasteiger partial charge < -0.3 is 15.3 Å². The number of unbranched alkanes of at least 4 members (excludes halogenated alkanes) is 4. The number of carbonyl (C=O) groups is 1. The molecule has 0 spiro atoms. The maximum Gasteiger partial charge on any atom is 0.303 e. The Morgan fingerprint density at radius 1 is 1.23 bits per heavy atom. The smallest absolute Gasteiger partial charge is 0.303 e. The van der Waals surface area contributed by atoms with Crippen molar-refractivity contribution in [1.82, 2.24) is 0 Å². The summed E-state index contributed by atoms with van der Waals surface area (Å²) in [6, 6.07) is 0. The molecule has 0 fully saturated rings. The van der Waals surface area contributed by atoms with Gasteiger partial charge in [0.05, 0.1) is 12.2 Å². The summed E-state index contributed by atoms with van der Waals surface area (Å²) in [6.45, 7) is 4.28. The first-order valence-corrected chi connectivity index (χ1v) is 11.1. The topological polar surface area (TPSA) is 77.8 Å². The predicted molar refractivity (Wildman–Crippen MR) is 109 cm³/mol. The Balaban J connectivity index is 2.51. The minimum absolute atomic E-state index is 0.00482. The van der Waals surface area contributed by atoms with Gasteiger partial charge in [-0.15, -0.1) is 11.8 Å². The average molecular weight is 385 g/mol. The number of rotatable bonds is 14. The molecule has 4 nitrogen and oxygen atoms in total. The zero-order valence-corrected chi connectivity index (χ0v) is 17.1. The van der Waals surface area contributed by atoms with Gasteiger partial charge in [0.1, 0.15) is 0 Å². The van der Waals surface area contributed by atoms with Gasteiger partial charge in [0, 0.05) is 12.3 Å². The highest BCUT2D eigenvalue weighted by Gasteiger charge is 2.31. The van der Waals surface area contributed by atoms with Gasteiger partial charge in [0.25, 0.3) is 0 Å². The second-order valence-corrected chi connectivity index (χ2v) is 8.26. The van der Waals surface area contributed by atoms with Crippen LogP contribution in [0.1, 0.15) is 78.1 Å². The van der Waals surface area contributed by atoms with Crippen molar-refractivity contribution in [1.29, 1.82) is 0 Å². The lowest BCUT2D eigenvalue weighted by atomic mass is 10.0. The highest BCUT2D eigenvalue weighted by Crippen LogP contribution is 2.42. The third-order valence-electron chi connectivity index (χ3n) is 4.88. The molecule has 5 heteroatoms. The van der Waals surface area contributed by atoms with Crippen LogP contribution in [0.25, 0.3) is 0 Å². The van der Waals surface area contributed by atoms with Crippen LogP contribution < -0.4 is 0 Å². The van der Waals surface area contributed by atoms with Crippen molar-refractivity contribution in [2.45, 2.75) is 90.3 Å². The lowest BCUT2D eigenvalue weighted by Crippen LogP contribution is -2.14. The number of aliphatic carboxylic acids is 1. The van der Waals surface area contributed by atoms with Gasteiger partial charge in [-0.2, -0.15) is 0 Å². The van der Waals surface area contributed by atoms with Gasteiger partial charge in [-0.3, -0.25) is 4.79 Å². The van der Waals surface area contributed by atoms with E-state index in [1.54, 1.807) is 11.8 Å². The van der Waals surface area contributed by atoms with E-state index >= 15 is 0 Å². The highest BCUT2D eigenvalue weighted by molar-refractivity contribution is 8.03. The van der Waals surface area contributed by atoms with E-state index < -0.39 is 18.2 Å². The van der Waals surface area contributed by atoms with Crippen LogP contribution >= 0.6 is 11.8 Å². The number of carboxylic acids is 1. The van der Waals surface area contributed by atoms with Crippen LogP contribution in [0.5, 0.6) is 0 Å². The largest absolute Gasteiger partial charge is 0.481 e. The number of carboxylic acid groups (broad SMARTS) is 1. The SMILES string of the molecule is CCCCC[C@H](O)C=C[C@@H]1C(SCCCCCC(=O)O)=C(CC)C[C@H]1O. The third kappa shape index (κ3) is 8.74. The third-order valence-corrected chi connectivity index (χ3v) is 6.25. The second kappa shape index (κ2) is 13.4. The van der Waals surface area contributed by atoms with Crippen LogP contribution in [0.15, 0.2) is 22.6 Å². The molecular formula is C21H36O4S. The van der Waals surface area contributed by atoms with Gasteiger partial charge in [0.15, 0.2) is 0 Å². The monoisotopic (exact) mass is 384 g/mol. The summed E-state index contributed by atoms with van der Waals surface area (Å²) < 4.78 is 0. The molecule has 0 heterocycles. The Bertz CT molecular complexity index is 473. The molecule has 0 unspecified atom stereocenters. The number of aliphatic hydroxyl groups is 2. The van der Waals surface area contributed by atoms with Crippen molar-refractivity contribution in [2.75, 3.05) is 5.75 Å². The lowest BCUT2D eigenvalue weighted by molar-refractivity contribution is -0.137. The maximum absolute atomic E-state index is 10.5. The van der Waals surface area contributed by atoms with Gasteiger partial charge >= 0.3 is 5.97 Å². The van der Waals surface area contributed by atoms with Gasteiger partial charge in [0.2, 0.25) is 0 Å². The first-order chi connectivity index (χ1) is 12.5. The molecule has 0 saturated heterocycles. The van der Waals surface area contributed by atoms with Crippen molar-refractivity contribution in [3.63, 3.8) is 0 Å². The quantitative estimate of drug-likeness (QED) is 0.293. The minimum atomic E-state index is -0.727. The molecule has 150 valence electrons. The average Bonchev–Trinajstić information content (AvgIpc) is 2.91. The Kier molecular flexibility index (Phi) is 12.0. The van der Waals surface area contributed by atoms with Crippen LogP contribution in [0, 0.1) is 5.92 Å². The summed E-state index contributed by atoms with van der Waals surface area (Å²) in [7, 11) is 0. The molecule has 3 atom stereocenters. The fourth-order valence-electron chi connectivity index (χ4n) is 3.31. The van der Waals surface area contributed by atoms with E-state index in [0.717, 1.165) is 63.5 Å². The molecule has 0 aromatic heterocycles. The Morgan fingerprint density at radius 3 is 2.65 bits per heavy atom. The molecule has 0 aliphatic heterocycles. The van der Waals surface area contributed by atoms with Crippen LogP contribution in [0.3, 0.4) is 0 Å². The fourth-order valence-corrected chi connectivity index (χ4v) is 4.74. The van der Waals surface area contributed by atoms with E-state index in [4.69, 9.17) is 5.11 Å². The van der Waals surface area contributed by atoms with Gasteiger partial charge in [-0.05, 0) is 42.8 Å². The van der Waals surface area contributed by atoms with Crippen molar-refractivity contribution in [2.24, 2.45) is 5.92 Å². The molecule has 0 bridgehead atoms. The Hall–Kier alpha value is -0.780. The lowest BCUT2D eigenvalue weighted by Gasteiger charge is -2.16. The zero-order chi connectivity index (χ0) is 19.4. The number of hydrogen-bond donors (Lipinski definition) is 3. The van der Waals surface area contributed by atoms with E-state index in [1.165, 1.54) is 10.5 Å². The van der Waals surface area contributed by atoms with Gasteiger partial charge in [-0.25, -0.2) is 0 Å².